The Balaban J connectivity index is 2.30. The Morgan fingerprint density at radius 1 is 1.41 bits per heavy atom. The smallest absolute Gasteiger partial charge is 0.269 e. The van der Waals surface area contributed by atoms with E-state index in [2.05, 4.69) is 6.58 Å². The maximum Gasteiger partial charge on any atom is 0.269 e. The summed E-state index contributed by atoms with van der Waals surface area (Å²) in [5.41, 5.74) is -0.184. The minimum Gasteiger partial charge on any atom is -0.348 e. The molecule has 0 aromatic carbocycles. The molecule has 17 heavy (non-hydrogen) atoms. The van der Waals surface area contributed by atoms with Gasteiger partial charge < -0.3 is 4.74 Å². The zero-order valence-electron chi connectivity index (χ0n) is 10.3. The fourth-order valence-electron chi connectivity index (χ4n) is 3.12. The van der Waals surface area contributed by atoms with E-state index in [1.807, 2.05) is 6.08 Å². The van der Waals surface area contributed by atoms with Crippen LogP contribution in [0.5, 0.6) is 0 Å². The monoisotopic (exact) mass is 260 g/mol. The first kappa shape index (κ1) is 13.1. The fourth-order valence-corrected chi connectivity index (χ4v) is 3.96. The van der Waals surface area contributed by atoms with Crippen LogP contribution in [0.15, 0.2) is 12.7 Å². The Kier molecular flexibility index (Phi) is 3.36. The molecule has 0 aromatic rings. The topological polar surface area (TPSA) is 52.6 Å². The summed E-state index contributed by atoms with van der Waals surface area (Å²) in [7, 11) is -3.48. The van der Waals surface area contributed by atoms with Crippen molar-refractivity contribution >= 4 is 10.1 Å². The summed E-state index contributed by atoms with van der Waals surface area (Å²) < 4.78 is 34.5. The zero-order chi connectivity index (χ0) is 12.6. The van der Waals surface area contributed by atoms with Gasteiger partial charge in [0.15, 0.2) is 5.79 Å². The average Bonchev–Trinajstić information content (AvgIpc) is 2.72. The molecule has 2 aliphatic rings. The average molecular weight is 260 g/mol. The number of allylic oxidation sites excluding steroid dienone is 1. The molecule has 0 N–H and O–H groups in total. The first-order valence-corrected chi connectivity index (χ1v) is 7.75. The molecule has 1 aliphatic carbocycles. The van der Waals surface area contributed by atoms with Crippen LogP contribution in [0.4, 0.5) is 0 Å². The molecule has 2 rings (SSSR count). The van der Waals surface area contributed by atoms with Crippen molar-refractivity contribution in [2.24, 2.45) is 5.41 Å². The molecule has 1 saturated heterocycles. The standard InChI is InChI=1S/C12H20O4S/c1-3-6-11-7-5-8-12(11,15-10-9-11)16-17(13,14)4-2/h3H,1,4-10H2,2H3. The van der Waals surface area contributed by atoms with Gasteiger partial charge in [-0.1, -0.05) is 6.08 Å². The van der Waals surface area contributed by atoms with Crippen LogP contribution in [0, 0.1) is 5.41 Å². The van der Waals surface area contributed by atoms with Crippen molar-refractivity contribution in [1.29, 1.82) is 0 Å². The Morgan fingerprint density at radius 3 is 2.82 bits per heavy atom. The summed E-state index contributed by atoms with van der Waals surface area (Å²) >= 11 is 0. The van der Waals surface area contributed by atoms with Crippen molar-refractivity contribution in [3.63, 3.8) is 0 Å². The van der Waals surface area contributed by atoms with Crippen molar-refractivity contribution in [3.05, 3.63) is 12.7 Å². The minimum absolute atomic E-state index is 0.0116. The van der Waals surface area contributed by atoms with Gasteiger partial charge in [0, 0.05) is 11.8 Å². The summed E-state index contributed by atoms with van der Waals surface area (Å²) in [4.78, 5) is 0. The highest BCUT2D eigenvalue weighted by Crippen LogP contribution is 2.58. The maximum atomic E-state index is 11.7. The molecular weight excluding hydrogens is 240 g/mol. The van der Waals surface area contributed by atoms with Crippen molar-refractivity contribution < 1.29 is 17.3 Å². The molecule has 5 heteroatoms. The van der Waals surface area contributed by atoms with Crippen LogP contribution in [0.1, 0.15) is 39.0 Å². The maximum absolute atomic E-state index is 11.7. The van der Waals surface area contributed by atoms with Crippen LogP contribution in [0.25, 0.3) is 0 Å². The van der Waals surface area contributed by atoms with Gasteiger partial charge in [-0.2, -0.15) is 8.42 Å². The van der Waals surface area contributed by atoms with E-state index in [1.165, 1.54) is 0 Å². The van der Waals surface area contributed by atoms with Crippen molar-refractivity contribution in [2.75, 3.05) is 12.4 Å². The predicted molar refractivity (Wildman–Crippen MR) is 64.9 cm³/mol. The van der Waals surface area contributed by atoms with E-state index in [9.17, 15) is 8.42 Å². The van der Waals surface area contributed by atoms with Gasteiger partial charge in [-0.05, 0) is 32.6 Å². The molecule has 1 heterocycles. The van der Waals surface area contributed by atoms with Crippen LogP contribution in [-0.2, 0) is 19.0 Å². The van der Waals surface area contributed by atoms with E-state index in [0.29, 0.717) is 13.0 Å². The molecule has 0 bridgehead atoms. The van der Waals surface area contributed by atoms with E-state index in [4.69, 9.17) is 8.92 Å². The lowest BCUT2D eigenvalue weighted by atomic mass is 9.77. The second-order valence-electron chi connectivity index (χ2n) is 4.91. The molecule has 0 radical (unpaired) electrons. The van der Waals surface area contributed by atoms with Crippen LogP contribution >= 0.6 is 0 Å². The lowest BCUT2D eigenvalue weighted by Crippen LogP contribution is -2.44. The number of hydrogen-bond donors (Lipinski definition) is 0. The molecule has 2 unspecified atom stereocenters. The van der Waals surface area contributed by atoms with Gasteiger partial charge >= 0.3 is 0 Å². The number of hydrogen-bond acceptors (Lipinski definition) is 4. The van der Waals surface area contributed by atoms with Gasteiger partial charge in [-0.15, -0.1) is 6.58 Å². The molecule has 2 atom stereocenters. The fraction of sp³-hybridized carbons (Fsp3) is 0.833. The highest BCUT2D eigenvalue weighted by molar-refractivity contribution is 7.86. The SMILES string of the molecule is C=CCC12CCCC1(OS(=O)(=O)CC)OCC2. The molecule has 2 fully saturated rings. The Bertz CT molecular complexity index is 389. The molecule has 0 amide bonds. The van der Waals surface area contributed by atoms with E-state index in [0.717, 1.165) is 25.7 Å². The highest BCUT2D eigenvalue weighted by Gasteiger charge is 2.61. The summed E-state index contributed by atoms with van der Waals surface area (Å²) in [6, 6.07) is 0. The van der Waals surface area contributed by atoms with Crippen LogP contribution in [0.3, 0.4) is 0 Å². The number of fused-ring (bicyclic) bond motifs is 1. The third-order valence-corrected chi connectivity index (χ3v) is 5.27. The van der Waals surface area contributed by atoms with Crippen LogP contribution in [-0.4, -0.2) is 26.6 Å². The van der Waals surface area contributed by atoms with Crippen molar-refractivity contribution in [1.82, 2.24) is 0 Å². The quantitative estimate of drug-likeness (QED) is 0.562. The van der Waals surface area contributed by atoms with Crippen molar-refractivity contribution in [2.45, 2.75) is 44.8 Å². The summed E-state index contributed by atoms with van der Waals surface area (Å²) in [5, 5.41) is 0. The first-order valence-electron chi connectivity index (χ1n) is 6.17. The van der Waals surface area contributed by atoms with Crippen molar-refractivity contribution in [3.8, 4) is 0 Å². The summed E-state index contributed by atoms with van der Waals surface area (Å²) in [6.07, 6.45) is 6.03. The minimum atomic E-state index is -3.48. The van der Waals surface area contributed by atoms with E-state index in [1.54, 1.807) is 6.92 Å². The van der Waals surface area contributed by atoms with Gasteiger partial charge in [0.1, 0.15) is 0 Å². The molecule has 0 spiro atoms. The molecule has 1 aliphatic heterocycles. The second-order valence-corrected chi connectivity index (χ2v) is 6.77. The summed E-state index contributed by atoms with van der Waals surface area (Å²) in [6.45, 7) is 5.93. The molecule has 4 nitrogen and oxygen atoms in total. The van der Waals surface area contributed by atoms with E-state index >= 15 is 0 Å². The lowest BCUT2D eigenvalue weighted by molar-refractivity contribution is -0.187. The van der Waals surface area contributed by atoms with Gasteiger partial charge in [-0.25, -0.2) is 4.18 Å². The highest BCUT2D eigenvalue weighted by atomic mass is 32.2. The first-order chi connectivity index (χ1) is 7.99. The van der Waals surface area contributed by atoms with E-state index in [-0.39, 0.29) is 11.2 Å². The van der Waals surface area contributed by atoms with Crippen LogP contribution in [0.2, 0.25) is 0 Å². The lowest BCUT2D eigenvalue weighted by Gasteiger charge is -2.37. The van der Waals surface area contributed by atoms with Gasteiger partial charge in [0.2, 0.25) is 0 Å². The predicted octanol–water partition coefficient (Wildman–Crippen LogP) is 2.22. The third kappa shape index (κ3) is 2.04. The molecule has 1 saturated carbocycles. The normalized spacial score (nSPS) is 37.0. The Morgan fingerprint density at radius 2 is 2.18 bits per heavy atom. The zero-order valence-corrected chi connectivity index (χ0v) is 11.1. The number of rotatable bonds is 5. The molecule has 0 aromatic heterocycles. The van der Waals surface area contributed by atoms with Crippen LogP contribution < -0.4 is 0 Å². The molecular formula is C12H20O4S. The van der Waals surface area contributed by atoms with Gasteiger partial charge in [0.25, 0.3) is 10.1 Å². The largest absolute Gasteiger partial charge is 0.348 e. The van der Waals surface area contributed by atoms with Gasteiger partial charge in [-0.3, -0.25) is 0 Å². The Hall–Kier alpha value is -0.390. The second kappa shape index (κ2) is 4.37. The third-order valence-electron chi connectivity index (χ3n) is 4.04. The van der Waals surface area contributed by atoms with E-state index < -0.39 is 15.9 Å². The van der Waals surface area contributed by atoms with Gasteiger partial charge in [0.05, 0.1) is 12.4 Å². The Labute approximate surface area is 103 Å². The molecule has 98 valence electrons. The summed E-state index contributed by atoms with van der Waals surface area (Å²) in [5.74, 6) is -0.932. The number of ether oxygens (including phenoxy) is 1.